The highest BCUT2D eigenvalue weighted by Crippen LogP contribution is 2.35. The molecule has 1 fully saturated rings. The van der Waals surface area contributed by atoms with Crippen molar-refractivity contribution in [2.45, 2.75) is 13.5 Å². The number of rotatable bonds is 7. The third-order valence-electron chi connectivity index (χ3n) is 5.94. The van der Waals surface area contributed by atoms with Crippen LogP contribution in [0.25, 0.3) is 17.0 Å². The Balaban J connectivity index is 1.37. The highest BCUT2D eigenvalue weighted by molar-refractivity contribution is 8.18. The van der Waals surface area contributed by atoms with Crippen LogP contribution in [-0.2, 0) is 11.3 Å². The minimum absolute atomic E-state index is 0.183. The number of amides is 2. The Labute approximate surface area is 223 Å². The quantitative estimate of drug-likeness (QED) is 0.230. The second-order valence-electron chi connectivity index (χ2n) is 8.43. The van der Waals surface area contributed by atoms with Gasteiger partial charge < -0.3 is 9.30 Å². The Hall–Kier alpha value is -3.19. The molecule has 0 N–H and O–H groups in total. The van der Waals surface area contributed by atoms with E-state index >= 15 is 0 Å². The number of halogens is 2. The van der Waals surface area contributed by atoms with Crippen molar-refractivity contribution >= 4 is 63.1 Å². The molecule has 0 aliphatic carbocycles. The zero-order valence-corrected chi connectivity index (χ0v) is 21.7. The van der Waals surface area contributed by atoms with Crippen molar-refractivity contribution in [3.63, 3.8) is 0 Å². The molecular weight excluding hydrogens is 515 g/mol. The second kappa shape index (κ2) is 10.4. The van der Waals surface area contributed by atoms with Crippen molar-refractivity contribution in [2.24, 2.45) is 0 Å². The number of thioether (sulfide) groups is 1. The van der Waals surface area contributed by atoms with E-state index in [0.29, 0.717) is 27.2 Å². The van der Waals surface area contributed by atoms with E-state index in [4.69, 9.17) is 27.9 Å². The average molecular weight is 537 g/mol. The van der Waals surface area contributed by atoms with Gasteiger partial charge in [-0.1, -0.05) is 59.6 Å². The largest absolute Gasteiger partial charge is 0.492 e. The maximum absolute atomic E-state index is 13.1. The third-order valence-corrected chi connectivity index (χ3v) is 7.56. The van der Waals surface area contributed by atoms with Gasteiger partial charge in [-0.25, -0.2) is 0 Å². The monoisotopic (exact) mass is 536 g/mol. The average Bonchev–Trinajstić information content (AvgIpc) is 3.33. The SMILES string of the molecule is Cc1cccc(OCCN2C(=O)S/C(=C\c3cn(Cc4c(Cl)cccc4Cl)c4ccccc34)C2=O)c1. The predicted octanol–water partition coefficient (Wildman–Crippen LogP) is 7.42. The lowest BCUT2D eigenvalue weighted by Gasteiger charge is -2.13. The van der Waals surface area contributed by atoms with Crippen LogP contribution in [0.1, 0.15) is 16.7 Å². The fourth-order valence-corrected chi connectivity index (χ4v) is 5.54. The Kier molecular flexibility index (Phi) is 7.10. The van der Waals surface area contributed by atoms with Gasteiger partial charge in [0.15, 0.2) is 0 Å². The summed E-state index contributed by atoms with van der Waals surface area (Å²) in [6.07, 6.45) is 3.73. The lowest BCUT2D eigenvalue weighted by molar-refractivity contribution is -0.123. The van der Waals surface area contributed by atoms with Gasteiger partial charge in [0.05, 0.1) is 18.0 Å². The zero-order valence-electron chi connectivity index (χ0n) is 19.4. The smallest absolute Gasteiger partial charge is 0.293 e. The maximum atomic E-state index is 13.1. The summed E-state index contributed by atoms with van der Waals surface area (Å²) in [7, 11) is 0. The molecule has 3 aromatic carbocycles. The van der Waals surface area contributed by atoms with Crippen LogP contribution in [0.15, 0.2) is 77.8 Å². The minimum Gasteiger partial charge on any atom is -0.492 e. The number of nitrogens with zero attached hydrogens (tertiary/aromatic N) is 2. The third kappa shape index (κ3) is 5.03. The van der Waals surface area contributed by atoms with Gasteiger partial charge in [0.2, 0.25) is 0 Å². The number of aromatic nitrogens is 1. The van der Waals surface area contributed by atoms with E-state index in [1.165, 1.54) is 4.90 Å². The summed E-state index contributed by atoms with van der Waals surface area (Å²) in [6.45, 7) is 2.87. The van der Waals surface area contributed by atoms with Gasteiger partial charge in [0.1, 0.15) is 12.4 Å². The zero-order chi connectivity index (χ0) is 25.2. The number of benzene rings is 3. The molecule has 1 aromatic heterocycles. The fourth-order valence-electron chi connectivity index (χ4n) is 4.17. The summed E-state index contributed by atoms with van der Waals surface area (Å²) < 4.78 is 7.79. The molecule has 0 saturated carbocycles. The topological polar surface area (TPSA) is 51.5 Å². The van der Waals surface area contributed by atoms with Crippen molar-refractivity contribution in [3.8, 4) is 5.75 Å². The number of carbonyl (C=O) groups excluding carboxylic acids is 2. The molecule has 5 rings (SSSR count). The number of carbonyl (C=O) groups is 2. The van der Waals surface area contributed by atoms with Crippen molar-refractivity contribution in [3.05, 3.63) is 105 Å². The summed E-state index contributed by atoms with van der Waals surface area (Å²) >= 11 is 13.8. The van der Waals surface area contributed by atoms with E-state index in [-0.39, 0.29) is 24.3 Å². The molecular formula is C28H22Cl2N2O3S. The van der Waals surface area contributed by atoms with Gasteiger partial charge in [0.25, 0.3) is 11.1 Å². The lowest BCUT2D eigenvalue weighted by atomic mass is 10.1. The van der Waals surface area contributed by atoms with Crippen LogP contribution in [0.4, 0.5) is 4.79 Å². The van der Waals surface area contributed by atoms with Crippen molar-refractivity contribution in [1.29, 1.82) is 0 Å². The van der Waals surface area contributed by atoms with Crippen LogP contribution in [0.5, 0.6) is 5.75 Å². The molecule has 5 nitrogen and oxygen atoms in total. The van der Waals surface area contributed by atoms with Gasteiger partial charge in [-0.2, -0.15) is 0 Å². The highest BCUT2D eigenvalue weighted by Gasteiger charge is 2.35. The first kappa shape index (κ1) is 24.5. The maximum Gasteiger partial charge on any atom is 0.293 e. The van der Waals surface area contributed by atoms with Crippen LogP contribution in [0, 0.1) is 6.92 Å². The van der Waals surface area contributed by atoms with Gasteiger partial charge in [0, 0.05) is 38.3 Å². The molecule has 0 unspecified atom stereocenters. The number of para-hydroxylation sites is 1. The van der Waals surface area contributed by atoms with Crippen molar-refractivity contribution < 1.29 is 14.3 Å². The van der Waals surface area contributed by atoms with E-state index in [9.17, 15) is 9.59 Å². The molecule has 2 amide bonds. The number of aryl methyl sites for hydroxylation is 1. The van der Waals surface area contributed by atoms with E-state index in [0.717, 1.165) is 39.4 Å². The lowest BCUT2D eigenvalue weighted by Crippen LogP contribution is -2.32. The van der Waals surface area contributed by atoms with Gasteiger partial charge >= 0.3 is 0 Å². The summed E-state index contributed by atoms with van der Waals surface area (Å²) in [5, 5.41) is 1.85. The van der Waals surface area contributed by atoms with E-state index in [1.54, 1.807) is 6.08 Å². The number of fused-ring (bicyclic) bond motifs is 1. The standard InChI is InChI=1S/C28H22Cl2N2O3S/c1-18-6-4-7-20(14-18)35-13-12-32-27(33)26(36-28(32)34)15-19-16-31(25-11-3-2-8-21(19)25)17-22-23(29)9-5-10-24(22)30/h2-11,14-16H,12-13,17H2,1H3/b26-15-. The van der Waals surface area contributed by atoms with Gasteiger partial charge in [-0.15, -0.1) is 0 Å². The van der Waals surface area contributed by atoms with Crippen LogP contribution in [0.3, 0.4) is 0 Å². The molecule has 0 radical (unpaired) electrons. The van der Waals surface area contributed by atoms with Crippen LogP contribution >= 0.6 is 35.0 Å². The normalized spacial score (nSPS) is 14.9. The number of imide groups is 1. The minimum atomic E-state index is -0.316. The number of hydrogen-bond acceptors (Lipinski definition) is 4. The summed E-state index contributed by atoms with van der Waals surface area (Å²) in [4.78, 5) is 27.3. The summed E-state index contributed by atoms with van der Waals surface area (Å²) in [5.41, 5.74) is 3.72. The van der Waals surface area contributed by atoms with Crippen molar-refractivity contribution in [2.75, 3.05) is 13.2 Å². The number of ether oxygens (including phenoxy) is 1. The Morgan fingerprint density at radius 1 is 0.972 bits per heavy atom. The van der Waals surface area contributed by atoms with Crippen molar-refractivity contribution in [1.82, 2.24) is 9.47 Å². The highest BCUT2D eigenvalue weighted by atomic mass is 35.5. The number of hydrogen-bond donors (Lipinski definition) is 0. The Morgan fingerprint density at radius 2 is 1.72 bits per heavy atom. The molecule has 1 aliphatic rings. The first-order valence-electron chi connectivity index (χ1n) is 11.4. The molecule has 1 saturated heterocycles. The van der Waals surface area contributed by atoms with Crippen LogP contribution in [0.2, 0.25) is 10.0 Å². The fraction of sp³-hybridized carbons (Fsp3) is 0.143. The molecule has 8 heteroatoms. The summed E-state index contributed by atoms with van der Waals surface area (Å²) in [6, 6.07) is 21.0. The molecule has 182 valence electrons. The molecule has 2 heterocycles. The van der Waals surface area contributed by atoms with Crippen LogP contribution in [-0.4, -0.2) is 33.8 Å². The van der Waals surface area contributed by atoms with E-state index in [2.05, 4.69) is 0 Å². The Morgan fingerprint density at radius 3 is 2.50 bits per heavy atom. The van der Waals surface area contributed by atoms with E-state index < -0.39 is 0 Å². The van der Waals surface area contributed by atoms with E-state index in [1.807, 2.05) is 84.4 Å². The second-order valence-corrected chi connectivity index (χ2v) is 10.2. The first-order valence-corrected chi connectivity index (χ1v) is 12.9. The van der Waals surface area contributed by atoms with Gasteiger partial charge in [-0.3, -0.25) is 14.5 Å². The molecule has 0 atom stereocenters. The molecule has 4 aromatic rings. The van der Waals surface area contributed by atoms with Crippen LogP contribution < -0.4 is 4.74 Å². The first-order chi connectivity index (χ1) is 17.4. The molecule has 36 heavy (non-hydrogen) atoms. The predicted molar refractivity (Wildman–Crippen MR) is 147 cm³/mol. The molecule has 0 spiro atoms. The molecule has 0 bridgehead atoms. The summed E-state index contributed by atoms with van der Waals surface area (Å²) in [5.74, 6) is 0.396. The van der Waals surface area contributed by atoms with Gasteiger partial charge in [-0.05, 0) is 60.7 Å². The Bertz CT molecular complexity index is 1490. The molecule has 1 aliphatic heterocycles.